The Balaban J connectivity index is 2.88. The van der Waals surface area contributed by atoms with Crippen LogP contribution in [0.2, 0.25) is 0 Å². The molecule has 0 aliphatic heterocycles. The van der Waals surface area contributed by atoms with Gasteiger partial charge in [-0.3, -0.25) is 15.1 Å². The highest BCUT2D eigenvalue weighted by molar-refractivity contribution is 6.37. The van der Waals surface area contributed by atoms with Gasteiger partial charge in [-0.05, 0) is 17.0 Å². The molecule has 0 aliphatic carbocycles. The summed E-state index contributed by atoms with van der Waals surface area (Å²) in [6, 6.07) is 6.34. The first-order valence-corrected chi connectivity index (χ1v) is 3.98. The Bertz CT molecular complexity index is 513. The minimum atomic E-state index is -0.429. The summed E-state index contributed by atoms with van der Waals surface area (Å²) in [7, 11) is 5.59. The molecule has 2 rings (SSSR count). The van der Waals surface area contributed by atoms with Gasteiger partial charge in [0.25, 0.3) is 5.69 Å². The molecule has 0 spiro atoms. The highest BCUT2D eigenvalue weighted by atomic mass is 16.6. The molecule has 0 saturated heterocycles. The summed E-state index contributed by atoms with van der Waals surface area (Å²) in [4.78, 5) is 14.1. The van der Waals surface area contributed by atoms with E-state index >= 15 is 0 Å². The Morgan fingerprint density at radius 2 is 2.07 bits per heavy atom. The van der Waals surface area contributed by atoms with Gasteiger partial charge in [0, 0.05) is 12.3 Å². The van der Waals surface area contributed by atoms with Crippen LogP contribution in [0.15, 0.2) is 30.5 Å². The Morgan fingerprint density at radius 3 is 2.79 bits per heavy atom. The van der Waals surface area contributed by atoms with Crippen molar-refractivity contribution >= 4 is 29.9 Å². The van der Waals surface area contributed by atoms with Gasteiger partial charge in [-0.15, -0.1) is 0 Å². The molecule has 4 nitrogen and oxygen atoms in total. The third-order valence-electron chi connectivity index (χ3n) is 2.01. The molecular weight excluding hydrogens is 179 g/mol. The number of nitro groups is 1. The van der Waals surface area contributed by atoms with E-state index in [1.165, 1.54) is 12.3 Å². The van der Waals surface area contributed by atoms with Crippen LogP contribution in [0.25, 0.3) is 10.8 Å². The van der Waals surface area contributed by atoms with Crippen LogP contribution in [-0.2, 0) is 0 Å². The van der Waals surface area contributed by atoms with E-state index in [1.807, 2.05) is 0 Å². The zero-order chi connectivity index (χ0) is 10.1. The van der Waals surface area contributed by atoms with E-state index in [2.05, 4.69) is 4.98 Å². The predicted octanol–water partition coefficient (Wildman–Crippen LogP) is 0.937. The van der Waals surface area contributed by atoms with Crippen molar-refractivity contribution in [1.82, 2.24) is 4.98 Å². The molecule has 0 atom stereocenters. The number of hydrogen-bond donors (Lipinski definition) is 0. The van der Waals surface area contributed by atoms with Gasteiger partial charge in [-0.25, -0.2) is 0 Å². The smallest absolute Gasteiger partial charge is 0.272 e. The molecule has 2 radical (unpaired) electrons. The average molecular weight is 184 g/mol. The molecule has 0 bridgehead atoms. The topological polar surface area (TPSA) is 56.0 Å². The van der Waals surface area contributed by atoms with Gasteiger partial charge in [0.15, 0.2) is 0 Å². The van der Waals surface area contributed by atoms with Crippen LogP contribution in [0.4, 0.5) is 5.69 Å². The second-order valence-corrected chi connectivity index (χ2v) is 2.83. The number of nitro benzene ring substituents is 1. The van der Waals surface area contributed by atoms with Crippen LogP contribution in [0.5, 0.6) is 0 Å². The van der Waals surface area contributed by atoms with E-state index in [4.69, 9.17) is 7.85 Å². The fourth-order valence-electron chi connectivity index (χ4n) is 1.37. The molecule has 0 saturated carbocycles. The van der Waals surface area contributed by atoms with Crippen molar-refractivity contribution in [3.8, 4) is 0 Å². The van der Waals surface area contributed by atoms with Crippen LogP contribution in [0.3, 0.4) is 0 Å². The number of fused-ring (bicyclic) bond motifs is 1. The lowest BCUT2D eigenvalue weighted by atomic mass is 9.96. The summed E-state index contributed by atoms with van der Waals surface area (Å²) in [5.41, 5.74) is 0.364. The van der Waals surface area contributed by atoms with Crippen molar-refractivity contribution in [1.29, 1.82) is 0 Å². The van der Waals surface area contributed by atoms with Crippen LogP contribution in [-0.4, -0.2) is 17.8 Å². The maximum atomic E-state index is 10.7. The standard InChI is InChI=1S/C9H5BN2O2/c10-9-7-2-1-3-8(12(13)14)6(7)4-5-11-9/h1-5H. The third-order valence-corrected chi connectivity index (χ3v) is 2.01. The van der Waals surface area contributed by atoms with Crippen molar-refractivity contribution in [2.75, 3.05) is 0 Å². The fourth-order valence-corrected chi connectivity index (χ4v) is 1.37. The quantitative estimate of drug-likeness (QED) is 0.376. The Kier molecular flexibility index (Phi) is 1.92. The van der Waals surface area contributed by atoms with E-state index in [0.717, 1.165) is 0 Å². The van der Waals surface area contributed by atoms with E-state index in [1.54, 1.807) is 18.2 Å². The lowest BCUT2D eigenvalue weighted by Gasteiger charge is -2.01. The van der Waals surface area contributed by atoms with Crippen molar-refractivity contribution in [2.24, 2.45) is 0 Å². The van der Waals surface area contributed by atoms with Gasteiger partial charge in [0.2, 0.25) is 0 Å². The number of pyridine rings is 1. The largest absolute Gasteiger partial charge is 0.277 e. The van der Waals surface area contributed by atoms with E-state index in [-0.39, 0.29) is 5.69 Å². The maximum absolute atomic E-state index is 10.7. The normalized spacial score (nSPS) is 10.3. The van der Waals surface area contributed by atoms with Gasteiger partial charge in [0.1, 0.15) is 7.85 Å². The molecular formula is C9H5BN2O2. The second-order valence-electron chi connectivity index (χ2n) is 2.83. The highest BCUT2D eigenvalue weighted by Gasteiger charge is 2.11. The first-order chi connectivity index (χ1) is 6.70. The maximum Gasteiger partial charge on any atom is 0.277 e. The van der Waals surface area contributed by atoms with Crippen LogP contribution < -0.4 is 5.59 Å². The monoisotopic (exact) mass is 184 g/mol. The third kappa shape index (κ3) is 1.23. The van der Waals surface area contributed by atoms with Crippen LogP contribution >= 0.6 is 0 Å². The lowest BCUT2D eigenvalue weighted by Crippen LogP contribution is -2.08. The van der Waals surface area contributed by atoms with Crippen LogP contribution in [0, 0.1) is 10.1 Å². The van der Waals surface area contributed by atoms with Crippen molar-refractivity contribution in [3.05, 3.63) is 40.6 Å². The number of benzene rings is 1. The number of non-ortho nitro benzene ring substituents is 1. The number of nitrogens with zero attached hydrogens (tertiary/aromatic N) is 2. The summed E-state index contributed by atoms with van der Waals surface area (Å²) < 4.78 is 0. The molecule has 0 unspecified atom stereocenters. The minimum absolute atomic E-state index is 0.0524. The predicted molar refractivity (Wildman–Crippen MR) is 53.8 cm³/mol. The van der Waals surface area contributed by atoms with E-state index < -0.39 is 4.92 Å². The first-order valence-electron chi connectivity index (χ1n) is 3.98. The molecule has 2 aromatic rings. The number of aromatic nitrogens is 1. The molecule has 5 heteroatoms. The van der Waals surface area contributed by atoms with Crippen molar-refractivity contribution < 1.29 is 4.92 Å². The van der Waals surface area contributed by atoms with Crippen LogP contribution in [0.1, 0.15) is 0 Å². The molecule has 1 aromatic carbocycles. The van der Waals surface area contributed by atoms with Gasteiger partial charge < -0.3 is 0 Å². The van der Waals surface area contributed by atoms with E-state index in [9.17, 15) is 10.1 Å². The van der Waals surface area contributed by atoms with Gasteiger partial charge in [-0.2, -0.15) is 0 Å². The van der Waals surface area contributed by atoms with Crippen molar-refractivity contribution in [2.45, 2.75) is 0 Å². The molecule has 1 heterocycles. The molecule has 0 fully saturated rings. The highest BCUT2D eigenvalue weighted by Crippen LogP contribution is 2.22. The first kappa shape index (κ1) is 8.68. The Hall–Kier alpha value is -1.91. The van der Waals surface area contributed by atoms with Gasteiger partial charge in [0.05, 0.1) is 10.3 Å². The summed E-state index contributed by atoms with van der Waals surface area (Å²) in [5.74, 6) is 0. The summed E-state index contributed by atoms with van der Waals surface area (Å²) >= 11 is 0. The molecule has 1 aromatic heterocycles. The SMILES string of the molecule is [B]c1nccc2c([N+](=O)[O-])cccc12. The molecule has 14 heavy (non-hydrogen) atoms. The molecule has 66 valence electrons. The molecule has 0 N–H and O–H groups in total. The average Bonchev–Trinajstić information content (AvgIpc) is 2.17. The Labute approximate surface area is 81.1 Å². The van der Waals surface area contributed by atoms with Gasteiger partial charge >= 0.3 is 0 Å². The van der Waals surface area contributed by atoms with E-state index in [0.29, 0.717) is 16.4 Å². The number of hydrogen-bond acceptors (Lipinski definition) is 3. The molecule has 0 amide bonds. The summed E-state index contributed by atoms with van der Waals surface area (Å²) in [6.45, 7) is 0. The summed E-state index contributed by atoms with van der Waals surface area (Å²) in [6.07, 6.45) is 1.46. The zero-order valence-corrected chi connectivity index (χ0v) is 7.18. The van der Waals surface area contributed by atoms with Crippen molar-refractivity contribution in [3.63, 3.8) is 0 Å². The second kappa shape index (κ2) is 3.10. The fraction of sp³-hybridized carbons (Fsp3) is 0. The Morgan fingerprint density at radius 1 is 1.29 bits per heavy atom. The number of rotatable bonds is 1. The zero-order valence-electron chi connectivity index (χ0n) is 7.18. The summed E-state index contributed by atoms with van der Waals surface area (Å²) in [5, 5.41) is 11.8. The lowest BCUT2D eigenvalue weighted by molar-refractivity contribution is -0.383. The molecule has 0 aliphatic rings. The minimum Gasteiger partial charge on any atom is -0.272 e. The van der Waals surface area contributed by atoms with Gasteiger partial charge in [-0.1, -0.05) is 12.1 Å².